The summed E-state index contributed by atoms with van der Waals surface area (Å²) in [6.45, 7) is 6.81. The smallest absolute Gasteiger partial charge is 0.274 e. The maximum absolute atomic E-state index is 13.2. The highest BCUT2D eigenvalue weighted by atomic mass is 16.5. The Hall–Kier alpha value is -5.77. The van der Waals surface area contributed by atoms with Gasteiger partial charge in [0, 0.05) is 81.6 Å². The molecule has 2 aromatic heterocycles. The second-order valence-corrected chi connectivity index (χ2v) is 15.7. The van der Waals surface area contributed by atoms with Crippen molar-refractivity contribution in [1.82, 2.24) is 35.3 Å². The van der Waals surface area contributed by atoms with Gasteiger partial charge in [0.2, 0.25) is 11.8 Å². The third-order valence-corrected chi connectivity index (χ3v) is 11.9. The zero-order valence-electron chi connectivity index (χ0n) is 32.4. The molecule has 4 amide bonds. The molecular formula is C41H51N11O5. The van der Waals surface area contributed by atoms with Crippen LogP contribution in [0.1, 0.15) is 84.7 Å². The lowest BCUT2D eigenvalue weighted by molar-refractivity contribution is -0.134. The minimum Gasteiger partial charge on any atom is -0.496 e. The summed E-state index contributed by atoms with van der Waals surface area (Å²) in [5.41, 5.74) is 10.1. The van der Waals surface area contributed by atoms with E-state index in [0.717, 1.165) is 112 Å². The second-order valence-electron chi connectivity index (χ2n) is 15.7. The first kappa shape index (κ1) is 38.1. The molecule has 4 saturated heterocycles. The molecule has 6 heterocycles. The maximum Gasteiger partial charge on any atom is 0.274 e. The molecule has 0 spiro atoms. The van der Waals surface area contributed by atoms with Gasteiger partial charge in [-0.3, -0.25) is 29.2 Å². The monoisotopic (exact) mass is 777 g/mol. The largest absolute Gasteiger partial charge is 0.496 e. The van der Waals surface area contributed by atoms with E-state index in [2.05, 4.69) is 57.6 Å². The number of benzene rings is 2. The van der Waals surface area contributed by atoms with Crippen molar-refractivity contribution < 1.29 is 23.9 Å². The van der Waals surface area contributed by atoms with Gasteiger partial charge in [0.05, 0.1) is 35.6 Å². The van der Waals surface area contributed by atoms with Gasteiger partial charge in [-0.25, -0.2) is 9.97 Å². The minimum absolute atomic E-state index is 0.194. The number of aromatic nitrogens is 4. The van der Waals surface area contributed by atoms with Crippen LogP contribution in [0, 0.1) is 5.92 Å². The number of carbonyl (C=O) groups excluding carboxylic acids is 4. The van der Waals surface area contributed by atoms with Gasteiger partial charge in [-0.2, -0.15) is 5.10 Å². The summed E-state index contributed by atoms with van der Waals surface area (Å²) < 4.78 is 7.73. The number of amides is 4. The second kappa shape index (κ2) is 16.8. The highest BCUT2D eigenvalue weighted by molar-refractivity contribution is 6.07. The molecule has 4 aliphatic rings. The van der Waals surface area contributed by atoms with Crippen LogP contribution in [0.15, 0.2) is 48.9 Å². The number of methoxy groups -OCH3 is 1. The van der Waals surface area contributed by atoms with Crippen molar-refractivity contribution in [3.8, 4) is 5.75 Å². The maximum atomic E-state index is 13.2. The van der Waals surface area contributed by atoms with Crippen molar-refractivity contribution in [3.63, 3.8) is 0 Å². The number of imide groups is 1. The fraction of sp³-hybridized carbons (Fsp3) is 0.488. The highest BCUT2D eigenvalue weighted by Crippen LogP contribution is 2.35. The zero-order chi connectivity index (χ0) is 39.5. The minimum atomic E-state index is -0.748. The predicted octanol–water partition coefficient (Wildman–Crippen LogP) is 3.75. The lowest BCUT2D eigenvalue weighted by Gasteiger charge is -2.38. The van der Waals surface area contributed by atoms with E-state index in [4.69, 9.17) is 15.6 Å². The summed E-state index contributed by atoms with van der Waals surface area (Å²) in [5.74, 6) is -0.229. The molecule has 8 rings (SSSR count). The number of carbonyl (C=O) groups is 4. The summed E-state index contributed by atoms with van der Waals surface area (Å²) in [5, 5.41) is 14.2. The van der Waals surface area contributed by atoms with Gasteiger partial charge in [0.25, 0.3) is 11.8 Å². The van der Waals surface area contributed by atoms with Crippen molar-refractivity contribution in [2.24, 2.45) is 5.92 Å². The lowest BCUT2D eigenvalue weighted by Crippen LogP contribution is -2.52. The van der Waals surface area contributed by atoms with Gasteiger partial charge in [-0.15, -0.1) is 0 Å². The number of hydrogen-bond acceptors (Lipinski definition) is 12. The van der Waals surface area contributed by atoms with Gasteiger partial charge < -0.3 is 35.8 Å². The number of fused-ring (bicyclic) bond motifs is 1. The van der Waals surface area contributed by atoms with Crippen LogP contribution in [-0.2, 0) is 9.59 Å². The molecule has 0 aliphatic carbocycles. The molecule has 4 fully saturated rings. The molecule has 4 aromatic rings. The summed E-state index contributed by atoms with van der Waals surface area (Å²) >= 11 is 0. The van der Waals surface area contributed by atoms with Crippen molar-refractivity contribution >= 4 is 57.4 Å². The van der Waals surface area contributed by atoms with Gasteiger partial charge in [0.1, 0.15) is 29.6 Å². The molecule has 16 nitrogen and oxygen atoms in total. The third-order valence-electron chi connectivity index (χ3n) is 11.9. The summed E-state index contributed by atoms with van der Waals surface area (Å²) in [6, 6.07) is 10.8. The van der Waals surface area contributed by atoms with E-state index in [1.165, 1.54) is 25.9 Å². The van der Waals surface area contributed by atoms with Crippen molar-refractivity contribution in [2.45, 2.75) is 69.9 Å². The van der Waals surface area contributed by atoms with Gasteiger partial charge in [-0.1, -0.05) is 0 Å². The third kappa shape index (κ3) is 8.65. The number of likely N-dealkylation sites (tertiary alicyclic amines) is 1. The predicted molar refractivity (Wildman–Crippen MR) is 216 cm³/mol. The van der Waals surface area contributed by atoms with Crippen molar-refractivity contribution in [1.29, 1.82) is 0 Å². The van der Waals surface area contributed by atoms with Gasteiger partial charge >= 0.3 is 0 Å². The summed E-state index contributed by atoms with van der Waals surface area (Å²) in [4.78, 5) is 65.2. The van der Waals surface area contributed by atoms with Crippen LogP contribution >= 0.6 is 0 Å². The van der Waals surface area contributed by atoms with Crippen LogP contribution < -0.4 is 36.2 Å². The molecular weight excluding hydrogens is 727 g/mol. The fourth-order valence-corrected chi connectivity index (χ4v) is 8.68. The molecule has 4 aliphatic heterocycles. The molecule has 57 heavy (non-hydrogen) atoms. The van der Waals surface area contributed by atoms with E-state index >= 15 is 0 Å². The van der Waals surface area contributed by atoms with Crippen LogP contribution in [0.2, 0.25) is 0 Å². The zero-order valence-corrected chi connectivity index (χ0v) is 32.4. The van der Waals surface area contributed by atoms with Crippen LogP contribution in [0.5, 0.6) is 5.75 Å². The number of piperidine rings is 4. The molecule has 5 N–H and O–H groups in total. The molecule has 300 valence electrons. The first-order chi connectivity index (χ1) is 27.7. The van der Waals surface area contributed by atoms with Gasteiger partial charge in [-0.05, 0) is 81.5 Å². The topological polar surface area (TPSA) is 193 Å². The lowest BCUT2D eigenvalue weighted by atomic mass is 9.94. The fourth-order valence-electron chi connectivity index (χ4n) is 8.68. The Morgan fingerprint density at radius 3 is 2.42 bits per heavy atom. The molecule has 0 bridgehead atoms. The Morgan fingerprint density at radius 2 is 1.68 bits per heavy atom. The number of nitrogens with two attached hydrogens (primary N) is 1. The first-order valence-electron chi connectivity index (χ1n) is 20.2. The first-order valence-corrected chi connectivity index (χ1v) is 20.2. The molecule has 0 saturated carbocycles. The number of ether oxygens (including phenoxy) is 1. The molecule has 0 radical (unpaired) electrons. The van der Waals surface area contributed by atoms with Gasteiger partial charge in [0.15, 0.2) is 0 Å². The molecule has 2 aromatic carbocycles. The number of nitrogen functional groups attached to an aromatic ring is 1. The van der Waals surface area contributed by atoms with E-state index in [9.17, 15) is 19.2 Å². The van der Waals surface area contributed by atoms with Crippen molar-refractivity contribution in [3.05, 3.63) is 60.2 Å². The molecule has 16 heteroatoms. The number of anilines is 4. The molecule has 1 atom stereocenters. The highest BCUT2D eigenvalue weighted by Gasteiger charge is 2.30. The Balaban J connectivity index is 0.852. The Kier molecular flexibility index (Phi) is 11.2. The van der Waals surface area contributed by atoms with Crippen LogP contribution in [-0.4, -0.2) is 107 Å². The van der Waals surface area contributed by atoms with Crippen molar-refractivity contribution in [2.75, 3.05) is 73.8 Å². The number of nitrogens with one attached hydrogen (secondary N) is 3. The Labute approximate surface area is 331 Å². The Morgan fingerprint density at radius 1 is 0.895 bits per heavy atom. The van der Waals surface area contributed by atoms with E-state index in [1.54, 1.807) is 6.07 Å². The normalized spacial score (nSPS) is 20.1. The van der Waals surface area contributed by atoms with Crippen LogP contribution in [0.25, 0.3) is 10.9 Å². The quantitative estimate of drug-likeness (QED) is 0.171. The van der Waals surface area contributed by atoms with Crippen LogP contribution in [0.3, 0.4) is 0 Å². The number of rotatable bonds is 10. The molecule has 0 unspecified atom stereocenters. The Bertz CT molecular complexity index is 2130. The summed E-state index contributed by atoms with van der Waals surface area (Å²) in [6.07, 6.45) is 11.5. The van der Waals surface area contributed by atoms with E-state index in [0.29, 0.717) is 23.3 Å². The van der Waals surface area contributed by atoms with E-state index < -0.39 is 17.9 Å². The SMILES string of the molecule is COc1cc(N2CCC(CN3CCC(n4cc5cc(NC(=O)c6cc(N)ncn6)c(N6CCCCC6)cc5n4)CC3)CC2)ccc1C(=O)N[C@H]1CCC(=O)NC1=O. The average molecular weight is 778 g/mol. The van der Waals surface area contributed by atoms with E-state index in [1.807, 2.05) is 18.2 Å². The van der Waals surface area contributed by atoms with E-state index in [-0.39, 0.29) is 36.2 Å². The number of hydrogen-bond donors (Lipinski definition) is 4. The number of nitrogens with zero attached hydrogens (tertiary/aromatic N) is 7. The van der Waals surface area contributed by atoms with Crippen LogP contribution in [0.4, 0.5) is 22.9 Å². The standard InChI is InChI=1S/C41H51N11O5/c1-57-36-20-29(5-6-30(36)39(54)45-31-7-8-38(53)47-40(31)55)50-17-9-26(10-18-50)23-49-15-11-28(12-16-49)52-24-27-19-33(46-41(56)34-22-37(42)44-25-43-34)35(21-32(27)48-52)51-13-3-2-4-14-51/h5-6,19-22,24-26,28,31H,2-4,7-18,23H2,1H3,(H,45,54)(H,46,56)(H2,42,43,44)(H,47,53,55)/t31-/m0/s1. The summed E-state index contributed by atoms with van der Waals surface area (Å²) in [7, 11) is 1.54. The average Bonchev–Trinajstić information content (AvgIpc) is 3.65.